The number of hydrogen-bond acceptors (Lipinski definition) is 3. The summed E-state index contributed by atoms with van der Waals surface area (Å²) in [6.07, 6.45) is 1.73. The lowest BCUT2D eigenvalue weighted by Gasteiger charge is -2.10. The highest BCUT2D eigenvalue weighted by molar-refractivity contribution is 7.08. The Morgan fingerprint density at radius 2 is 2.00 bits per heavy atom. The van der Waals surface area contributed by atoms with Crippen LogP contribution in [0.3, 0.4) is 0 Å². The number of aromatic nitrogens is 1. The molecule has 23 heavy (non-hydrogen) atoms. The summed E-state index contributed by atoms with van der Waals surface area (Å²) < 4.78 is 12.8. The van der Waals surface area contributed by atoms with E-state index >= 15 is 0 Å². The Hall–Kier alpha value is -2.73. The van der Waals surface area contributed by atoms with Crippen molar-refractivity contribution in [2.24, 2.45) is 0 Å². The van der Waals surface area contributed by atoms with Gasteiger partial charge in [0.1, 0.15) is 5.82 Å². The maximum atomic E-state index is 12.8. The molecule has 0 saturated carbocycles. The predicted molar refractivity (Wildman–Crippen MR) is 89.8 cm³/mol. The van der Waals surface area contributed by atoms with Crippen molar-refractivity contribution < 1.29 is 9.18 Å². The number of carbonyl (C=O) groups is 1. The van der Waals surface area contributed by atoms with E-state index < -0.39 is 0 Å². The van der Waals surface area contributed by atoms with Crippen molar-refractivity contribution in [3.8, 4) is 11.3 Å². The molecular weight excluding hydrogens is 313 g/mol. The van der Waals surface area contributed by atoms with Crippen LogP contribution in [-0.2, 0) is 6.54 Å². The standard InChI is InChI=1S/C17H14FN3OS/c18-14-3-5-15(6-4-14)21-17(22)20-10-12-2-1-8-19-16(12)13-7-9-23-11-13/h1-9,11H,10H2,(H2,20,21,22). The molecule has 4 nitrogen and oxygen atoms in total. The third kappa shape index (κ3) is 3.92. The van der Waals surface area contributed by atoms with E-state index in [9.17, 15) is 9.18 Å². The van der Waals surface area contributed by atoms with Crippen molar-refractivity contribution in [1.82, 2.24) is 10.3 Å². The topological polar surface area (TPSA) is 54.0 Å². The van der Waals surface area contributed by atoms with Crippen molar-refractivity contribution >= 4 is 23.1 Å². The van der Waals surface area contributed by atoms with Gasteiger partial charge in [-0.25, -0.2) is 9.18 Å². The van der Waals surface area contributed by atoms with Crippen LogP contribution in [0.15, 0.2) is 59.4 Å². The molecule has 0 aliphatic rings. The van der Waals surface area contributed by atoms with E-state index in [1.807, 2.05) is 29.0 Å². The van der Waals surface area contributed by atoms with Crippen LogP contribution in [-0.4, -0.2) is 11.0 Å². The van der Waals surface area contributed by atoms with Crippen LogP contribution < -0.4 is 10.6 Å². The molecule has 0 aliphatic heterocycles. The number of hydrogen-bond donors (Lipinski definition) is 2. The molecule has 0 bridgehead atoms. The fourth-order valence-electron chi connectivity index (χ4n) is 2.12. The van der Waals surface area contributed by atoms with E-state index in [1.165, 1.54) is 24.3 Å². The molecule has 0 atom stereocenters. The van der Waals surface area contributed by atoms with Gasteiger partial charge in [0.05, 0.1) is 5.69 Å². The Kier molecular flexibility index (Phi) is 4.63. The number of anilines is 1. The summed E-state index contributed by atoms with van der Waals surface area (Å²) in [4.78, 5) is 16.3. The Balaban J connectivity index is 1.64. The van der Waals surface area contributed by atoms with Gasteiger partial charge >= 0.3 is 6.03 Å². The molecule has 2 amide bonds. The zero-order chi connectivity index (χ0) is 16.1. The molecule has 2 aromatic heterocycles. The van der Waals surface area contributed by atoms with Gasteiger partial charge in [-0.2, -0.15) is 11.3 Å². The summed E-state index contributed by atoms with van der Waals surface area (Å²) in [5.41, 5.74) is 3.36. The number of rotatable bonds is 4. The average Bonchev–Trinajstić information content (AvgIpc) is 3.10. The number of thiophene rings is 1. The first-order chi connectivity index (χ1) is 11.2. The highest BCUT2D eigenvalue weighted by atomic mass is 32.1. The Morgan fingerprint density at radius 3 is 2.74 bits per heavy atom. The van der Waals surface area contributed by atoms with E-state index in [0.717, 1.165) is 16.8 Å². The number of benzene rings is 1. The summed E-state index contributed by atoms with van der Waals surface area (Å²) in [7, 11) is 0. The second kappa shape index (κ2) is 7.02. The summed E-state index contributed by atoms with van der Waals surface area (Å²) >= 11 is 1.60. The summed E-state index contributed by atoms with van der Waals surface area (Å²) in [6.45, 7) is 0.353. The molecule has 0 fully saturated rings. The third-order valence-corrected chi connectivity index (χ3v) is 3.91. The molecule has 1 aromatic carbocycles. The third-order valence-electron chi connectivity index (χ3n) is 3.23. The largest absolute Gasteiger partial charge is 0.334 e. The first-order valence-corrected chi connectivity index (χ1v) is 7.93. The predicted octanol–water partition coefficient (Wildman–Crippen LogP) is 4.27. The Labute approximate surface area is 137 Å². The van der Waals surface area contributed by atoms with Crippen molar-refractivity contribution in [3.05, 3.63) is 70.8 Å². The first-order valence-electron chi connectivity index (χ1n) is 6.99. The van der Waals surface area contributed by atoms with Crippen molar-refractivity contribution in [1.29, 1.82) is 0 Å². The lowest BCUT2D eigenvalue weighted by Crippen LogP contribution is -2.28. The van der Waals surface area contributed by atoms with Gasteiger partial charge in [0.15, 0.2) is 0 Å². The number of carbonyl (C=O) groups excluding carboxylic acids is 1. The van der Waals surface area contributed by atoms with Gasteiger partial charge in [-0.15, -0.1) is 0 Å². The Bertz CT molecular complexity index is 788. The monoisotopic (exact) mass is 327 g/mol. The molecular formula is C17H14FN3OS. The normalized spacial score (nSPS) is 10.3. The van der Waals surface area contributed by atoms with Crippen molar-refractivity contribution in [2.45, 2.75) is 6.54 Å². The highest BCUT2D eigenvalue weighted by Gasteiger charge is 2.08. The fourth-order valence-corrected chi connectivity index (χ4v) is 2.76. The minimum absolute atomic E-state index is 0.341. The van der Waals surface area contributed by atoms with Crippen LogP contribution in [0.2, 0.25) is 0 Å². The molecule has 3 aromatic rings. The van der Waals surface area contributed by atoms with E-state index in [-0.39, 0.29) is 11.8 Å². The summed E-state index contributed by atoms with van der Waals surface area (Å²) in [5, 5.41) is 9.45. The number of amides is 2. The van der Waals surface area contributed by atoms with Gasteiger partial charge in [0, 0.05) is 29.4 Å². The van der Waals surface area contributed by atoms with E-state index in [4.69, 9.17) is 0 Å². The molecule has 2 heterocycles. The van der Waals surface area contributed by atoms with Crippen LogP contribution >= 0.6 is 11.3 Å². The van der Waals surface area contributed by atoms with Crippen LogP contribution in [0, 0.1) is 5.82 Å². The highest BCUT2D eigenvalue weighted by Crippen LogP contribution is 2.23. The number of nitrogens with zero attached hydrogens (tertiary/aromatic N) is 1. The smallest absolute Gasteiger partial charge is 0.319 e. The summed E-state index contributed by atoms with van der Waals surface area (Å²) in [6, 6.07) is 11.0. The second-order valence-electron chi connectivity index (χ2n) is 4.84. The van der Waals surface area contributed by atoms with E-state index in [2.05, 4.69) is 15.6 Å². The van der Waals surface area contributed by atoms with E-state index in [1.54, 1.807) is 17.5 Å². The summed E-state index contributed by atoms with van der Waals surface area (Å²) in [5.74, 6) is -0.341. The van der Waals surface area contributed by atoms with Gasteiger partial charge < -0.3 is 10.6 Å². The lowest BCUT2D eigenvalue weighted by atomic mass is 10.1. The van der Waals surface area contributed by atoms with Crippen molar-refractivity contribution in [2.75, 3.05) is 5.32 Å². The molecule has 0 unspecified atom stereocenters. The molecule has 6 heteroatoms. The maximum absolute atomic E-state index is 12.8. The number of nitrogens with one attached hydrogen (secondary N) is 2. The lowest BCUT2D eigenvalue weighted by molar-refractivity contribution is 0.251. The van der Waals surface area contributed by atoms with Crippen LogP contribution in [0.5, 0.6) is 0 Å². The average molecular weight is 327 g/mol. The van der Waals surface area contributed by atoms with Gasteiger partial charge in [-0.05, 0) is 47.3 Å². The molecule has 0 saturated heterocycles. The molecule has 0 radical (unpaired) electrons. The van der Waals surface area contributed by atoms with Crippen molar-refractivity contribution in [3.63, 3.8) is 0 Å². The molecule has 116 valence electrons. The fraction of sp³-hybridized carbons (Fsp3) is 0.0588. The molecule has 0 spiro atoms. The molecule has 0 aliphatic carbocycles. The quantitative estimate of drug-likeness (QED) is 0.752. The number of halogens is 1. The number of pyridine rings is 1. The van der Waals surface area contributed by atoms with Gasteiger partial charge in [-0.3, -0.25) is 4.98 Å². The number of urea groups is 1. The molecule has 2 N–H and O–H groups in total. The van der Waals surface area contributed by atoms with E-state index in [0.29, 0.717) is 12.2 Å². The minimum atomic E-state index is -0.350. The van der Waals surface area contributed by atoms with Gasteiger partial charge in [0.25, 0.3) is 0 Å². The van der Waals surface area contributed by atoms with Crippen LogP contribution in [0.4, 0.5) is 14.9 Å². The van der Waals surface area contributed by atoms with Crippen LogP contribution in [0.25, 0.3) is 11.3 Å². The van der Waals surface area contributed by atoms with Gasteiger partial charge in [0.2, 0.25) is 0 Å². The SMILES string of the molecule is O=C(NCc1cccnc1-c1ccsc1)Nc1ccc(F)cc1. The minimum Gasteiger partial charge on any atom is -0.334 e. The zero-order valence-electron chi connectivity index (χ0n) is 12.1. The maximum Gasteiger partial charge on any atom is 0.319 e. The molecule has 3 rings (SSSR count). The zero-order valence-corrected chi connectivity index (χ0v) is 12.9. The van der Waals surface area contributed by atoms with Gasteiger partial charge in [-0.1, -0.05) is 6.07 Å². The Morgan fingerprint density at radius 1 is 1.17 bits per heavy atom. The second-order valence-corrected chi connectivity index (χ2v) is 5.62. The first kappa shape index (κ1) is 15.2. The van der Waals surface area contributed by atoms with Crippen LogP contribution in [0.1, 0.15) is 5.56 Å².